The Balaban J connectivity index is 1.92. The predicted octanol–water partition coefficient (Wildman–Crippen LogP) is 3.03. The number of H-pyrrole nitrogens is 1. The van der Waals surface area contributed by atoms with Crippen LogP contribution in [-0.4, -0.2) is 35.3 Å². The fourth-order valence-electron chi connectivity index (χ4n) is 1.72. The highest BCUT2D eigenvalue weighted by atomic mass is 35.5. The monoisotopic (exact) mass is 325 g/mol. The molecular weight excluding hydrogens is 313 g/mol. The molecule has 7 heteroatoms. The third-order valence-corrected chi connectivity index (χ3v) is 3.20. The molecule has 2 amide bonds. The van der Waals surface area contributed by atoms with Crippen LogP contribution in [0.15, 0.2) is 36.5 Å². The zero-order chi connectivity index (χ0) is 15.4. The third kappa shape index (κ3) is 4.24. The van der Waals surface area contributed by atoms with Crippen LogP contribution in [0.2, 0.25) is 10.0 Å². The van der Waals surface area contributed by atoms with Gasteiger partial charge in [0.15, 0.2) is 0 Å². The van der Waals surface area contributed by atoms with Gasteiger partial charge < -0.3 is 15.2 Å². The lowest BCUT2D eigenvalue weighted by Gasteiger charge is -2.16. The summed E-state index contributed by atoms with van der Waals surface area (Å²) in [6, 6.07) is 8.23. The van der Waals surface area contributed by atoms with Crippen molar-refractivity contribution in [1.82, 2.24) is 9.88 Å². The Kier molecular flexibility index (Phi) is 4.88. The molecule has 1 aromatic heterocycles. The SMILES string of the molecule is CN(CC(=O)Nc1ccc(Cl)cc1)C(=O)c1cc(Cl)c[nH]1. The Bertz CT molecular complexity index is 652. The summed E-state index contributed by atoms with van der Waals surface area (Å²) < 4.78 is 0. The van der Waals surface area contributed by atoms with E-state index in [1.807, 2.05) is 0 Å². The van der Waals surface area contributed by atoms with Crippen molar-refractivity contribution >= 4 is 40.7 Å². The van der Waals surface area contributed by atoms with Gasteiger partial charge in [0.1, 0.15) is 5.69 Å². The van der Waals surface area contributed by atoms with E-state index in [1.165, 1.54) is 17.2 Å². The topological polar surface area (TPSA) is 65.2 Å². The van der Waals surface area contributed by atoms with Crippen LogP contribution in [-0.2, 0) is 4.79 Å². The summed E-state index contributed by atoms with van der Waals surface area (Å²) >= 11 is 11.5. The Hall–Kier alpha value is -1.98. The average Bonchev–Trinajstić information content (AvgIpc) is 2.87. The molecule has 0 radical (unpaired) electrons. The lowest BCUT2D eigenvalue weighted by Crippen LogP contribution is -2.35. The molecule has 110 valence electrons. The molecule has 21 heavy (non-hydrogen) atoms. The summed E-state index contributed by atoms with van der Waals surface area (Å²) in [5.41, 5.74) is 0.954. The molecule has 0 aliphatic carbocycles. The second-order valence-corrected chi connectivity index (χ2v) is 5.32. The normalized spacial score (nSPS) is 10.2. The van der Waals surface area contributed by atoms with Crippen LogP contribution in [0, 0.1) is 0 Å². The van der Waals surface area contributed by atoms with E-state index in [2.05, 4.69) is 10.3 Å². The smallest absolute Gasteiger partial charge is 0.270 e. The van der Waals surface area contributed by atoms with E-state index in [0.717, 1.165) is 0 Å². The van der Waals surface area contributed by atoms with Gasteiger partial charge >= 0.3 is 0 Å². The van der Waals surface area contributed by atoms with Crippen molar-refractivity contribution in [2.45, 2.75) is 0 Å². The van der Waals surface area contributed by atoms with Gasteiger partial charge in [-0.15, -0.1) is 0 Å². The number of anilines is 1. The van der Waals surface area contributed by atoms with Gasteiger partial charge in [0.25, 0.3) is 5.91 Å². The molecule has 0 atom stereocenters. The fourth-order valence-corrected chi connectivity index (χ4v) is 2.01. The number of aromatic amines is 1. The number of benzene rings is 1. The first kappa shape index (κ1) is 15.4. The number of likely N-dealkylation sites (N-methyl/N-ethyl adjacent to an activating group) is 1. The van der Waals surface area contributed by atoms with Crippen molar-refractivity contribution in [2.24, 2.45) is 0 Å². The molecule has 2 rings (SSSR count). The molecule has 5 nitrogen and oxygen atoms in total. The van der Waals surface area contributed by atoms with Crippen molar-refractivity contribution in [3.05, 3.63) is 52.3 Å². The van der Waals surface area contributed by atoms with Gasteiger partial charge in [-0.1, -0.05) is 23.2 Å². The Morgan fingerprint density at radius 3 is 2.43 bits per heavy atom. The number of rotatable bonds is 4. The molecule has 0 saturated heterocycles. The van der Waals surface area contributed by atoms with Crippen molar-refractivity contribution in [3.63, 3.8) is 0 Å². The van der Waals surface area contributed by atoms with Gasteiger partial charge in [-0.25, -0.2) is 0 Å². The van der Waals surface area contributed by atoms with E-state index < -0.39 is 0 Å². The van der Waals surface area contributed by atoms with Crippen LogP contribution in [0.3, 0.4) is 0 Å². The number of nitrogens with zero attached hydrogens (tertiary/aromatic N) is 1. The Labute approximate surface area is 131 Å². The summed E-state index contributed by atoms with van der Waals surface area (Å²) in [6.45, 7) is -0.0713. The zero-order valence-corrected chi connectivity index (χ0v) is 12.7. The molecule has 0 aliphatic rings. The molecule has 0 spiro atoms. The lowest BCUT2D eigenvalue weighted by atomic mass is 10.3. The number of halogens is 2. The van der Waals surface area contributed by atoms with E-state index in [4.69, 9.17) is 23.2 Å². The second-order valence-electron chi connectivity index (χ2n) is 4.45. The minimum atomic E-state index is -0.312. The molecule has 2 aromatic rings. The predicted molar refractivity (Wildman–Crippen MR) is 82.8 cm³/mol. The van der Waals surface area contributed by atoms with Crippen LogP contribution < -0.4 is 5.32 Å². The standard InChI is InChI=1S/C14H13Cl2N3O2/c1-19(14(21)12-6-10(16)7-17-12)8-13(20)18-11-4-2-9(15)3-5-11/h2-7,17H,8H2,1H3,(H,18,20). The van der Waals surface area contributed by atoms with Gasteiger partial charge in [0.05, 0.1) is 11.6 Å². The number of hydrogen-bond acceptors (Lipinski definition) is 2. The number of aromatic nitrogens is 1. The Morgan fingerprint density at radius 1 is 1.19 bits per heavy atom. The van der Waals surface area contributed by atoms with Crippen molar-refractivity contribution in [1.29, 1.82) is 0 Å². The number of nitrogens with one attached hydrogen (secondary N) is 2. The molecule has 0 saturated carbocycles. The summed E-state index contributed by atoms with van der Waals surface area (Å²) in [5, 5.41) is 3.71. The molecule has 0 bridgehead atoms. The summed E-state index contributed by atoms with van der Waals surface area (Å²) in [4.78, 5) is 27.9. The molecule has 0 unspecified atom stereocenters. The molecule has 0 fully saturated rings. The van der Waals surface area contributed by atoms with Crippen molar-refractivity contribution in [2.75, 3.05) is 18.9 Å². The number of hydrogen-bond donors (Lipinski definition) is 2. The van der Waals surface area contributed by atoms with E-state index >= 15 is 0 Å². The van der Waals surface area contributed by atoms with Gasteiger partial charge in [-0.2, -0.15) is 0 Å². The van der Waals surface area contributed by atoms with Gasteiger partial charge in [-0.05, 0) is 30.3 Å². The zero-order valence-electron chi connectivity index (χ0n) is 11.2. The first-order valence-electron chi connectivity index (χ1n) is 6.10. The van der Waals surface area contributed by atoms with Crippen LogP contribution in [0.4, 0.5) is 5.69 Å². The van der Waals surface area contributed by atoms with Crippen LogP contribution in [0.25, 0.3) is 0 Å². The number of carbonyl (C=O) groups excluding carboxylic acids is 2. The highest BCUT2D eigenvalue weighted by Crippen LogP contribution is 2.14. The molecular formula is C14H13Cl2N3O2. The first-order valence-corrected chi connectivity index (χ1v) is 6.86. The quantitative estimate of drug-likeness (QED) is 0.907. The van der Waals surface area contributed by atoms with Gasteiger partial charge in [-0.3, -0.25) is 9.59 Å². The molecule has 1 heterocycles. The minimum Gasteiger partial charge on any atom is -0.356 e. The van der Waals surface area contributed by atoms with E-state index in [9.17, 15) is 9.59 Å². The first-order chi connectivity index (χ1) is 9.95. The van der Waals surface area contributed by atoms with Crippen molar-refractivity contribution < 1.29 is 9.59 Å². The van der Waals surface area contributed by atoms with E-state index in [0.29, 0.717) is 21.4 Å². The molecule has 1 aromatic carbocycles. The van der Waals surface area contributed by atoms with Crippen LogP contribution in [0.5, 0.6) is 0 Å². The third-order valence-electron chi connectivity index (χ3n) is 2.73. The average molecular weight is 326 g/mol. The molecule has 0 aliphatic heterocycles. The van der Waals surface area contributed by atoms with E-state index in [-0.39, 0.29) is 18.4 Å². The van der Waals surface area contributed by atoms with E-state index in [1.54, 1.807) is 31.3 Å². The van der Waals surface area contributed by atoms with Crippen molar-refractivity contribution in [3.8, 4) is 0 Å². The largest absolute Gasteiger partial charge is 0.356 e. The van der Waals surface area contributed by atoms with Crippen LogP contribution in [0.1, 0.15) is 10.5 Å². The maximum atomic E-state index is 12.0. The summed E-state index contributed by atoms with van der Waals surface area (Å²) in [7, 11) is 1.54. The maximum absolute atomic E-state index is 12.0. The fraction of sp³-hybridized carbons (Fsp3) is 0.143. The Morgan fingerprint density at radius 2 is 1.86 bits per heavy atom. The van der Waals surface area contributed by atoms with Gasteiger partial charge in [0.2, 0.25) is 5.91 Å². The summed E-state index contributed by atoms with van der Waals surface area (Å²) in [6.07, 6.45) is 1.51. The molecule has 2 N–H and O–H groups in total. The van der Waals surface area contributed by atoms with Crippen LogP contribution >= 0.6 is 23.2 Å². The van der Waals surface area contributed by atoms with Gasteiger partial charge in [0, 0.05) is 24.0 Å². The second kappa shape index (κ2) is 6.65. The minimum absolute atomic E-state index is 0.0713. The number of amides is 2. The summed E-state index contributed by atoms with van der Waals surface area (Å²) in [5.74, 6) is -0.612. The maximum Gasteiger partial charge on any atom is 0.270 e. The lowest BCUT2D eigenvalue weighted by molar-refractivity contribution is -0.116. The highest BCUT2D eigenvalue weighted by Gasteiger charge is 2.16. The highest BCUT2D eigenvalue weighted by molar-refractivity contribution is 6.31. The number of carbonyl (C=O) groups is 2.